The van der Waals surface area contributed by atoms with Gasteiger partial charge in [-0.2, -0.15) is 0 Å². The Balaban J connectivity index is 2.17. The molecule has 0 fully saturated rings. The number of hydrogen-bond acceptors (Lipinski definition) is 2. The fourth-order valence-electron chi connectivity index (χ4n) is 2.33. The highest BCUT2D eigenvalue weighted by Crippen LogP contribution is 2.27. The maximum absolute atomic E-state index is 12.5. The monoisotopic (exact) mass is 283 g/mol. The van der Waals surface area contributed by atoms with Crippen LogP contribution in [0.3, 0.4) is 0 Å². The number of carbonyl (C=O) groups excluding carboxylic acids is 1. The molecule has 0 saturated heterocycles. The predicted octanol–water partition coefficient (Wildman–Crippen LogP) is 4.22. The van der Waals surface area contributed by atoms with Gasteiger partial charge in [0.15, 0.2) is 0 Å². The molecule has 0 aliphatic rings. The van der Waals surface area contributed by atoms with E-state index in [0.717, 1.165) is 17.7 Å². The average Bonchev–Trinajstić information content (AvgIpc) is 2.51. The van der Waals surface area contributed by atoms with Crippen molar-refractivity contribution in [2.75, 3.05) is 11.9 Å². The van der Waals surface area contributed by atoms with Gasteiger partial charge in [0.25, 0.3) is 0 Å². The molecule has 1 amide bonds. The van der Waals surface area contributed by atoms with Crippen LogP contribution >= 0.6 is 0 Å². The molecular weight excluding hydrogens is 262 g/mol. The van der Waals surface area contributed by atoms with Crippen LogP contribution in [0.2, 0.25) is 0 Å². The first-order valence-corrected chi connectivity index (χ1v) is 7.33. The summed E-state index contributed by atoms with van der Waals surface area (Å²) in [5, 5.41) is 2.98. The highest BCUT2D eigenvalue weighted by molar-refractivity contribution is 5.97. The molecule has 3 nitrogen and oxygen atoms in total. The molecule has 21 heavy (non-hydrogen) atoms. The van der Waals surface area contributed by atoms with E-state index in [1.807, 2.05) is 68.4 Å². The number of rotatable bonds is 6. The summed E-state index contributed by atoms with van der Waals surface area (Å²) in [5.74, 6) is 0.549. The average molecular weight is 283 g/mol. The number of hydrogen-bond donors (Lipinski definition) is 1. The molecule has 2 aromatic carbocycles. The zero-order chi connectivity index (χ0) is 15.1. The van der Waals surface area contributed by atoms with Crippen LogP contribution in [-0.2, 0) is 4.79 Å². The first-order valence-electron chi connectivity index (χ1n) is 7.33. The fourth-order valence-corrected chi connectivity index (χ4v) is 2.33. The van der Waals surface area contributed by atoms with Crippen LogP contribution in [0.25, 0.3) is 0 Å². The molecule has 3 heteroatoms. The number of amides is 1. The molecule has 2 rings (SSSR count). The van der Waals surface area contributed by atoms with Crippen LogP contribution in [0.5, 0.6) is 5.75 Å². The van der Waals surface area contributed by atoms with Crippen molar-refractivity contribution in [2.45, 2.75) is 26.2 Å². The second-order valence-electron chi connectivity index (χ2n) is 4.79. The number of para-hydroxylation sites is 2. The molecule has 2 aromatic rings. The quantitative estimate of drug-likeness (QED) is 0.862. The number of carbonyl (C=O) groups is 1. The topological polar surface area (TPSA) is 38.3 Å². The zero-order valence-electron chi connectivity index (χ0n) is 12.5. The Labute approximate surface area is 126 Å². The molecule has 1 atom stereocenters. The van der Waals surface area contributed by atoms with E-state index in [1.54, 1.807) is 0 Å². The molecule has 0 radical (unpaired) electrons. The molecule has 0 saturated carbocycles. The summed E-state index contributed by atoms with van der Waals surface area (Å²) in [7, 11) is 0. The molecule has 0 spiro atoms. The van der Waals surface area contributed by atoms with Gasteiger partial charge < -0.3 is 10.1 Å². The summed E-state index contributed by atoms with van der Waals surface area (Å²) in [5.41, 5.74) is 1.75. The van der Waals surface area contributed by atoms with Gasteiger partial charge in [-0.1, -0.05) is 49.4 Å². The Morgan fingerprint density at radius 3 is 2.38 bits per heavy atom. The van der Waals surface area contributed by atoms with E-state index in [-0.39, 0.29) is 11.8 Å². The summed E-state index contributed by atoms with van der Waals surface area (Å²) in [4.78, 5) is 12.5. The van der Waals surface area contributed by atoms with Crippen molar-refractivity contribution in [3.05, 3.63) is 60.2 Å². The summed E-state index contributed by atoms with van der Waals surface area (Å²) in [6.07, 6.45) is 0.757. The number of benzene rings is 2. The molecule has 110 valence electrons. The van der Waals surface area contributed by atoms with Crippen molar-refractivity contribution >= 4 is 11.6 Å². The molecule has 0 aromatic heterocycles. The van der Waals surface area contributed by atoms with Crippen molar-refractivity contribution < 1.29 is 9.53 Å². The lowest BCUT2D eigenvalue weighted by molar-refractivity contribution is -0.117. The fraction of sp³-hybridized carbons (Fsp3) is 0.278. The van der Waals surface area contributed by atoms with E-state index >= 15 is 0 Å². The second-order valence-corrected chi connectivity index (χ2v) is 4.79. The van der Waals surface area contributed by atoms with Gasteiger partial charge in [0.1, 0.15) is 5.75 Å². The van der Waals surface area contributed by atoms with Gasteiger partial charge in [-0.3, -0.25) is 4.79 Å². The highest BCUT2D eigenvalue weighted by atomic mass is 16.5. The summed E-state index contributed by atoms with van der Waals surface area (Å²) in [6.45, 7) is 4.52. The van der Waals surface area contributed by atoms with Crippen molar-refractivity contribution in [1.82, 2.24) is 0 Å². The van der Waals surface area contributed by atoms with Gasteiger partial charge >= 0.3 is 0 Å². The standard InChI is InChI=1S/C18H21NO2/c1-3-15(14-10-6-5-7-11-14)18(20)19-16-12-8-9-13-17(16)21-4-2/h5-13,15H,3-4H2,1-2H3,(H,19,20). The Hall–Kier alpha value is -2.29. The lowest BCUT2D eigenvalue weighted by atomic mass is 9.95. The molecule has 1 N–H and O–H groups in total. The smallest absolute Gasteiger partial charge is 0.232 e. The van der Waals surface area contributed by atoms with Crippen LogP contribution in [0.15, 0.2) is 54.6 Å². The number of ether oxygens (including phenoxy) is 1. The number of anilines is 1. The van der Waals surface area contributed by atoms with E-state index in [9.17, 15) is 4.79 Å². The number of nitrogens with one attached hydrogen (secondary N) is 1. The molecule has 0 bridgehead atoms. The maximum Gasteiger partial charge on any atom is 0.232 e. The van der Waals surface area contributed by atoms with E-state index in [0.29, 0.717) is 12.4 Å². The van der Waals surface area contributed by atoms with Gasteiger partial charge in [0, 0.05) is 0 Å². The van der Waals surface area contributed by atoms with Crippen molar-refractivity contribution in [3.63, 3.8) is 0 Å². The van der Waals surface area contributed by atoms with Gasteiger partial charge in [-0.15, -0.1) is 0 Å². The molecule has 1 unspecified atom stereocenters. The second kappa shape index (κ2) is 7.48. The SMILES string of the molecule is CCOc1ccccc1NC(=O)C(CC)c1ccccc1. The van der Waals surface area contributed by atoms with E-state index in [1.165, 1.54) is 0 Å². The largest absolute Gasteiger partial charge is 0.492 e. The van der Waals surface area contributed by atoms with Crippen LogP contribution in [0.4, 0.5) is 5.69 Å². The van der Waals surface area contributed by atoms with Crippen molar-refractivity contribution in [3.8, 4) is 5.75 Å². The van der Waals surface area contributed by atoms with Gasteiger partial charge in [-0.05, 0) is 31.0 Å². The van der Waals surface area contributed by atoms with Crippen molar-refractivity contribution in [2.24, 2.45) is 0 Å². The third-order valence-electron chi connectivity index (χ3n) is 3.37. The highest BCUT2D eigenvalue weighted by Gasteiger charge is 2.19. The normalized spacial score (nSPS) is 11.7. The Kier molecular flexibility index (Phi) is 5.38. The van der Waals surface area contributed by atoms with E-state index < -0.39 is 0 Å². The van der Waals surface area contributed by atoms with E-state index in [2.05, 4.69) is 5.32 Å². The van der Waals surface area contributed by atoms with Gasteiger partial charge in [-0.25, -0.2) is 0 Å². The Morgan fingerprint density at radius 2 is 1.71 bits per heavy atom. The van der Waals surface area contributed by atoms with Crippen LogP contribution in [0.1, 0.15) is 31.7 Å². The summed E-state index contributed by atoms with van der Waals surface area (Å²) in [6, 6.07) is 17.4. The molecule has 0 aliphatic carbocycles. The van der Waals surface area contributed by atoms with Crippen LogP contribution in [-0.4, -0.2) is 12.5 Å². The van der Waals surface area contributed by atoms with Crippen LogP contribution < -0.4 is 10.1 Å². The maximum atomic E-state index is 12.5. The zero-order valence-corrected chi connectivity index (χ0v) is 12.5. The van der Waals surface area contributed by atoms with Gasteiger partial charge in [0.2, 0.25) is 5.91 Å². The third-order valence-corrected chi connectivity index (χ3v) is 3.37. The lowest BCUT2D eigenvalue weighted by Gasteiger charge is -2.17. The van der Waals surface area contributed by atoms with E-state index in [4.69, 9.17) is 4.74 Å². The first kappa shape index (κ1) is 15.1. The minimum atomic E-state index is -0.152. The summed E-state index contributed by atoms with van der Waals surface area (Å²) >= 11 is 0. The Morgan fingerprint density at radius 1 is 1.05 bits per heavy atom. The van der Waals surface area contributed by atoms with Crippen LogP contribution in [0, 0.1) is 0 Å². The molecule has 0 aliphatic heterocycles. The Bertz CT molecular complexity index is 581. The lowest BCUT2D eigenvalue weighted by Crippen LogP contribution is -2.21. The minimum absolute atomic E-state index is 0.00384. The van der Waals surface area contributed by atoms with Gasteiger partial charge in [0.05, 0.1) is 18.2 Å². The first-order chi connectivity index (χ1) is 10.3. The third kappa shape index (κ3) is 3.85. The summed E-state index contributed by atoms with van der Waals surface area (Å²) < 4.78 is 5.54. The predicted molar refractivity (Wildman–Crippen MR) is 85.7 cm³/mol. The van der Waals surface area contributed by atoms with Crippen molar-refractivity contribution in [1.29, 1.82) is 0 Å². The molecule has 0 heterocycles. The minimum Gasteiger partial charge on any atom is -0.492 e. The molecular formula is C18H21NO2.